The molecule has 0 bridgehead atoms. The van der Waals surface area contributed by atoms with Crippen molar-refractivity contribution in [1.82, 2.24) is 0 Å². The zero-order valence-electron chi connectivity index (χ0n) is 25.8. The Bertz CT molecular complexity index is 1060. The molecule has 3 aliphatic carbocycles. The van der Waals surface area contributed by atoms with Crippen LogP contribution in [0.4, 0.5) is 0 Å². The Labute approximate surface area is 240 Å². The van der Waals surface area contributed by atoms with Gasteiger partial charge in [0, 0.05) is 19.4 Å². The molecule has 0 heterocycles. The van der Waals surface area contributed by atoms with Crippen LogP contribution in [0.25, 0.3) is 0 Å². The molecular formula is C33H52O7. The van der Waals surface area contributed by atoms with Crippen LogP contribution in [0, 0.1) is 34.0 Å². The van der Waals surface area contributed by atoms with Gasteiger partial charge in [-0.2, -0.15) is 0 Å². The minimum atomic E-state index is -0.872. The van der Waals surface area contributed by atoms with Gasteiger partial charge in [0.25, 0.3) is 0 Å². The van der Waals surface area contributed by atoms with E-state index in [1.807, 2.05) is 13.8 Å². The molecule has 1 saturated carbocycles. The summed E-state index contributed by atoms with van der Waals surface area (Å²) in [6.07, 6.45) is 4.70. The number of carbonyl (C=O) groups is 2. The van der Waals surface area contributed by atoms with Gasteiger partial charge in [0.2, 0.25) is 0 Å². The molecule has 0 aromatic carbocycles. The minimum Gasteiger partial charge on any atom is -0.481 e. The number of methoxy groups -OCH3 is 2. The van der Waals surface area contributed by atoms with Crippen molar-refractivity contribution in [2.75, 3.05) is 20.8 Å². The van der Waals surface area contributed by atoms with Gasteiger partial charge < -0.3 is 24.8 Å². The Morgan fingerprint density at radius 1 is 1.10 bits per heavy atom. The third kappa shape index (κ3) is 5.34. The lowest BCUT2D eigenvalue weighted by molar-refractivity contribution is -0.149. The van der Waals surface area contributed by atoms with Crippen molar-refractivity contribution in [3.8, 4) is 0 Å². The van der Waals surface area contributed by atoms with Crippen molar-refractivity contribution in [2.24, 2.45) is 34.0 Å². The van der Waals surface area contributed by atoms with Crippen molar-refractivity contribution < 1.29 is 34.4 Å². The Hall–Kier alpha value is -1.96. The predicted molar refractivity (Wildman–Crippen MR) is 155 cm³/mol. The van der Waals surface area contributed by atoms with Crippen LogP contribution >= 0.6 is 0 Å². The van der Waals surface area contributed by atoms with Crippen LogP contribution in [-0.4, -0.2) is 59.8 Å². The second kappa shape index (κ2) is 11.7. The van der Waals surface area contributed by atoms with E-state index in [0.29, 0.717) is 25.7 Å². The first-order chi connectivity index (χ1) is 18.5. The van der Waals surface area contributed by atoms with Gasteiger partial charge in [-0.05, 0) is 98.5 Å². The van der Waals surface area contributed by atoms with E-state index >= 15 is 0 Å². The lowest BCUT2D eigenvalue weighted by Crippen LogP contribution is -2.49. The number of carbonyl (C=O) groups excluding carboxylic acids is 1. The number of hydrogen-bond acceptors (Lipinski definition) is 6. The first-order valence-electron chi connectivity index (χ1n) is 14.8. The number of ether oxygens (including phenoxy) is 2. The van der Waals surface area contributed by atoms with Crippen LogP contribution in [0.3, 0.4) is 0 Å². The molecule has 0 radical (unpaired) electrons. The first-order valence-corrected chi connectivity index (χ1v) is 14.8. The summed E-state index contributed by atoms with van der Waals surface area (Å²) in [5, 5.41) is 32.1. The fourth-order valence-electron chi connectivity index (χ4n) is 8.72. The van der Waals surface area contributed by atoms with Gasteiger partial charge in [0.1, 0.15) is 0 Å². The number of carboxylic acid groups (broad SMARTS) is 1. The molecule has 0 aromatic heterocycles. The summed E-state index contributed by atoms with van der Waals surface area (Å²) in [7, 11) is 3.03. The summed E-state index contributed by atoms with van der Waals surface area (Å²) in [6, 6.07) is 0. The number of fused-ring (bicyclic) bond motifs is 2. The van der Waals surface area contributed by atoms with Gasteiger partial charge in [-0.1, -0.05) is 45.1 Å². The second-order valence-corrected chi connectivity index (χ2v) is 13.7. The molecule has 1 fully saturated rings. The normalized spacial score (nSPS) is 34.6. The highest BCUT2D eigenvalue weighted by molar-refractivity contribution is 5.71. The molecule has 0 amide bonds. The molecule has 3 rings (SSSR count). The number of aliphatic hydroxyl groups excluding tert-OH is 2. The number of allylic oxidation sites excluding steroid dienone is 2. The van der Waals surface area contributed by atoms with Crippen LogP contribution in [0.1, 0.15) is 92.4 Å². The summed E-state index contributed by atoms with van der Waals surface area (Å²) in [4.78, 5) is 24.9. The summed E-state index contributed by atoms with van der Waals surface area (Å²) < 4.78 is 10.5. The quantitative estimate of drug-likeness (QED) is 0.203. The number of rotatable bonds is 12. The Morgan fingerprint density at radius 3 is 2.30 bits per heavy atom. The molecule has 0 aliphatic heterocycles. The van der Waals surface area contributed by atoms with E-state index in [2.05, 4.69) is 33.9 Å². The molecule has 226 valence electrons. The summed E-state index contributed by atoms with van der Waals surface area (Å²) >= 11 is 0. The number of aliphatic hydroxyl groups is 2. The number of esters is 1. The van der Waals surface area contributed by atoms with Gasteiger partial charge in [-0.25, -0.2) is 0 Å². The Balaban J connectivity index is 2.03. The lowest BCUT2D eigenvalue weighted by atomic mass is 9.47. The van der Waals surface area contributed by atoms with Crippen molar-refractivity contribution in [2.45, 2.75) is 104 Å². The zero-order chi connectivity index (χ0) is 30.3. The van der Waals surface area contributed by atoms with E-state index in [9.17, 15) is 24.9 Å². The van der Waals surface area contributed by atoms with E-state index < -0.39 is 34.9 Å². The molecule has 7 heteroatoms. The average molecular weight is 561 g/mol. The zero-order valence-corrected chi connectivity index (χ0v) is 25.8. The van der Waals surface area contributed by atoms with Crippen molar-refractivity contribution in [1.29, 1.82) is 0 Å². The van der Waals surface area contributed by atoms with Crippen molar-refractivity contribution in [3.63, 3.8) is 0 Å². The van der Waals surface area contributed by atoms with E-state index in [1.165, 1.54) is 18.3 Å². The highest BCUT2D eigenvalue weighted by Gasteiger charge is 2.65. The van der Waals surface area contributed by atoms with Gasteiger partial charge in [-0.3, -0.25) is 9.59 Å². The molecule has 0 spiro atoms. The first kappa shape index (κ1) is 32.6. The van der Waals surface area contributed by atoms with E-state index in [0.717, 1.165) is 36.8 Å². The molecule has 0 aromatic rings. The molecule has 7 nitrogen and oxygen atoms in total. The molecule has 7 atom stereocenters. The van der Waals surface area contributed by atoms with Crippen LogP contribution in [0.5, 0.6) is 0 Å². The molecule has 40 heavy (non-hydrogen) atoms. The van der Waals surface area contributed by atoms with Gasteiger partial charge in [0.15, 0.2) is 0 Å². The lowest BCUT2D eigenvalue weighted by Gasteiger charge is -2.57. The fourth-order valence-corrected chi connectivity index (χ4v) is 8.72. The SMILES string of the molecule is C=C(CO)[C@@H]1CCC2=C(CC[C@]3(C)[C@@H]([C@@H](CCC(=C)C(C)(C)OC)C(=O)O)[C@H](O)C[C@@]23C)[C@@]1(C)CCC(=O)OC. The Morgan fingerprint density at radius 2 is 1.75 bits per heavy atom. The standard InChI is InChI=1S/C33H52O7/c1-20(19-34)23-12-13-25-24(31(23,5)16-15-27(36)39-8)14-17-32(6)28(26(35)18-33(25,32)7)22(29(37)38)11-10-21(2)30(3,4)40-9/h22-23,26,28,34-35H,1-2,10-19H2,3-9H3,(H,37,38)/t22-,23+,26-,28+,31+,32-,33+/m1/s1. The molecule has 0 saturated heterocycles. The van der Waals surface area contributed by atoms with E-state index in [1.54, 1.807) is 7.11 Å². The van der Waals surface area contributed by atoms with Gasteiger partial charge >= 0.3 is 11.9 Å². The van der Waals surface area contributed by atoms with Crippen LogP contribution < -0.4 is 0 Å². The van der Waals surface area contributed by atoms with Crippen LogP contribution in [0.2, 0.25) is 0 Å². The summed E-state index contributed by atoms with van der Waals surface area (Å²) in [6.45, 7) is 18.7. The topological polar surface area (TPSA) is 113 Å². The highest BCUT2D eigenvalue weighted by atomic mass is 16.5. The third-order valence-electron chi connectivity index (χ3n) is 11.7. The Kier molecular flexibility index (Phi) is 9.55. The molecule has 3 N–H and O–H groups in total. The maximum Gasteiger partial charge on any atom is 0.306 e. The van der Waals surface area contributed by atoms with Crippen LogP contribution in [-0.2, 0) is 19.1 Å². The van der Waals surface area contributed by atoms with Gasteiger partial charge in [-0.15, -0.1) is 0 Å². The van der Waals surface area contributed by atoms with Crippen LogP contribution in [0.15, 0.2) is 35.5 Å². The van der Waals surface area contributed by atoms with E-state index in [4.69, 9.17) is 9.47 Å². The van der Waals surface area contributed by atoms with Gasteiger partial charge in [0.05, 0.1) is 31.3 Å². The maximum absolute atomic E-state index is 12.7. The summed E-state index contributed by atoms with van der Waals surface area (Å²) in [5.41, 5.74) is 2.54. The second-order valence-electron chi connectivity index (χ2n) is 13.7. The molecule has 0 unspecified atom stereocenters. The third-order valence-corrected chi connectivity index (χ3v) is 11.7. The number of carboxylic acids is 1. The highest BCUT2D eigenvalue weighted by Crippen LogP contribution is 2.71. The number of aliphatic carboxylic acids is 1. The van der Waals surface area contributed by atoms with E-state index in [-0.39, 0.29) is 35.7 Å². The fraction of sp³-hybridized carbons (Fsp3) is 0.758. The molecular weight excluding hydrogens is 508 g/mol. The smallest absolute Gasteiger partial charge is 0.306 e. The number of hydrogen-bond donors (Lipinski definition) is 3. The van der Waals surface area contributed by atoms with Crippen molar-refractivity contribution in [3.05, 3.63) is 35.5 Å². The summed E-state index contributed by atoms with van der Waals surface area (Å²) in [5.74, 6) is -2.19. The van der Waals surface area contributed by atoms with Crippen molar-refractivity contribution >= 4 is 11.9 Å². The minimum absolute atomic E-state index is 0.0397. The maximum atomic E-state index is 12.7. The largest absolute Gasteiger partial charge is 0.481 e. The predicted octanol–water partition coefficient (Wildman–Crippen LogP) is 5.85. The molecule has 3 aliphatic rings. The average Bonchev–Trinajstić information content (AvgIpc) is 3.12. The monoisotopic (exact) mass is 560 g/mol.